The van der Waals surface area contributed by atoms with Gasteiger partial charge in [0, 0.05) is 6.08 Å². The van der Waals surface area contributed by atoms with Crippen LogP contribution in [0.1, 0.15) is 0 Å². The highest BCUT2D eigenvalue weighted by Crippen LogP contribution is 2.40. The van der Waals surface area contributed by atoms with Gasteiger partial charge in [0.25, 0.3) is 0 Å². The molecule has 1 aromatic rings. The summed E-state index contributed by atoms with van der Waals surface area (Å²) in [5.74, 6) is -0.970. The maximum atomic E-state index is 11.2. The first-order valence-corrected chi connectivity index (χ1v) is 4.87. The Bertz CT molecular complexity index is 353. The predicted octanol–water partition coefficient (Wildman–Crippen LogP) is 0.819. The fourth-order valence-electron chi connectivity index (χ4n) is 0.635. The van der Waals surface area contributed by atoms with Crippen LogP contribution in [-0.2, 0) is 13.9 Å². The maximum Gasteiger partial charge on any atom is 0.445 e. The van der Waals surface area contributed by atoms with Gasteiger partial charge in [-0.25, -0.2) is 9.36 Å². The molecule has 0 bridgehead atoms. The van der Waals surface area contributed by atoms with E-state index in [0.717, 1.165) is 6.08 Å². The summed E-state index contributed by atoms with van der Waals surface area (Å²) in [5.41, 5.74) is -0.275. The van der Waals surface area contributed by atoms with Gasteiger partial charge in [-0.2, -0.15) is 0 Å². The molecule has 0 amide bonds. The lowest BCUT2D eigenvalue weighted by Crippen LogP contribution is -2.07. The van der Waals surface area contributed by atoms with E-state index in [0.29, 0.717) is 0 Å². The van der Waals surface area contributed by atoms with Crippen molar-refractivity contribution in [3.05, 3.63) is 31.1 Å². The molecular weight excluding hydrogens is 195 g/mol. The van der Waals surface area contributed by atoms with Crippen LogP contribution in [-0.4, -0.2) is 10.9 Å². The van der Waals surface area contributed by atoms with Crippen molar-refractivity contribution in [3.8, 4) is 0 Å². The molecule has 1 unspecified atom stereocenters. The number of carbonyl (C=O) groups excluding carboxylic acids is 1. The fraction of sp³-hybridized carbons (Fsp3) is 0. The SMILES string of the molecule is C=CC(=O)OP(=O)(O)c1ccco1. The molecule has 0 aromatic carbocycles. The zero-order valence-electron chi connectivity index (χ0n) is 6.54. The average Bonchev–Trinajstić information content (AvgIpc) is 2.55. The van der Waals surface area contributed by atoms with Gasteiger partial charge in [0.1, 0.15) is 0 Å². The molecule has 1 heterocycles. The Kier molecular flexibility index (Phi) is 2.70. The summed E-state index contributed by atoms with van der Waals surface area (Å²) in [7, 11) is -4.16. The van der Waals surface area contributed by atoms with Gasteiger partial charge in [-0.1, -0.05) is 6.58 Å². The van der Waals surface area contributed by atoms with Crippen molar-refractivity contribution in [3.63, 3.8) is 0 Å². The van der Waals surface area contributed by atoms with E-state index in [9.17, 15) is 9.36 Å². The number of carbonyl (C=O) groups is 1. The molecule has 5 nitrogen and oxygen atoms in total. The van der Waals surface area contributed by atoms with E-state index in [1.165, 1.54) is 18.4 Å². The zero-order chi connectivity index (χ0) is 9.90. The van der Waals surface area contributed by atoms with Crippen molar-refractivity contribution < 1.29 is 23.2 Å². The van der Waals surface area contributed by atoms with E-state index in [-0.39, 0.29) is 5.50 Å². The Balaban J connectivity index is 2.84. The number of hydrogen-bond donors (Lipinski definition) is 1. The van der Waals surface area contributed by atoms with E-state index in [1.807, 2.05) is 0 Å². The van der Waals surface area contributed by atoms with Gasteiger partial charge >= 0.3 is 13.6 Å². The molecule has 1 atom stereocenters. The minimum Gasteiger partial charge on any atom is -0.455 e. The minimum absolute atomic E-state index is 0.275. The van der Waals surface area contributed by atoms with Crippen LogP contribution in [0.5, 0.6) is 0 Å². The van der Waals surface area contributed by atoms with Crippen molar-refractivity contribution in [2.24, 2.45) is 0 Å². The van der Waals surface area contributed by atoms with E-state index in [4.69, 9.17) is 4.89 Å². The molecule has 1 N–H and O–H groups in total. The molecule has 0 aliphatic rings. The lowest BCUT2D eigenvalue weighted by molar-refractivity contribution is -0.129. The summed E-state index contributed by atoms with van der Waals surface area (Å²) in [4.78, 5) is 19.8. The van der Waals surface area contributed by atoms with Crippen LogP contribution < -0.4 is 5.50 Å². The highest BCUT2D eigenvalue weighted by Gasteiger charge is 2.29. The third-order valence-electron chi connectivity index (χ3n) is 1.17. The molecule has 0 saturated heterocycles. The van der Waals surface area contributed by atoms with E-state index >= 15 is 0 Å². The van der Waals surface area contributed by atoms with Crippen LogP contribution >= 0.6 is 7.60 Å². The molecule has 6 heteroatoms. The summed E-state index contributed by atoms with van der Waals surface area (Å²) in [5, 5.41) is 0. The Morgan fingerprint density at radius 2 is 2.46 bits per heavy atom. The predicted molar refractivity (Wildman–Crippen MR) is 44.5 cm³/mol. The van der Waals surface area contributed by atoms with E-state index in [2.05, 4.69) is 15.5 Å². The molecule has 70 valence electrons. The third kappa shape index (κ3) is 2.31. The standard InChI is InChI=1S/C7H7O5P/c1-2-6(8)12-13(9,10)7-4-3-5-11-7/h2-5H,1H2,(H,9,10). The van der Waals surface area contributed by atoms with Crippen LogP contribution in [0, 0.1) is 0 Å². The monoisotopic (exact) mass is 202 g/mol. The largest absolute Gasteiger partial charge is 0.455 e. The quantitative estimate of drug-likeness (QED) is 0.579. The van der Waals surface area contributed by atoms with Gasteiger partial charge in [0.2, 0.25) is 5.50 Å². The van der Waals surface area contributed by atoms with Crippen LogP contribution in [0.4, 0.5) is 0 Å². The molecule has 0 aliphatic carbocycles. The third-order valence-corrected chi connectivity index (χ3v) is 2.40. The molecule has 1 rings (SSSR count). The van der Waals surface area contributed by atoms with Gasteiger partial charge in [0.15, 0.2) is 0 Å². The number of rotatable bonds is 3. The van der Waals surface area contributed by atoms with Crippen molar-refractivity contribution in [2.45, 2.75) is 0 Å². The Labute approximate surface area is 74.2 Å². The van der Waals surface area contributed by atoms with Crippen LogP contribution in [0.15, 0.2) is 35.5 Å². The second-order valence-electron chi connectivity index (χ2n) is 2.09. The second kappa shape index (κ2) is 3.60. The van der Waals surface area contributed by atoms with Crippen molar-refractivity contribution in [1.82, 2.24) is 0 Å². The van der Waals surface area contributed by atoms with E-state index in [1.54, 1.807) is 0 Å². The van der Waals surface area contributed by atoms with Gasteiger partial charge in [0.05, 0.1) is 6.26 Å². The Hall–Kier alpha value is -1.32. The summed E-state index contributed by atoms with van der Waals surface area (Å²) >= 11 is 0. The smallest absolute Gasteiger partial charge is 0.445 e. The Morgan fingerprint density at radius 3 is 2.92 bits per heavy atom. The molecule has 0 fully saturated rings. The van der Waals surface area contributed by atoms with Crippen molar-refractivity contribution in [1.29, 1.82) is 0 Å². The second-order valence-corrected chi connectivity index (χ2v) is 3.75. The van der Waals surface area contributed by atoms with Crippen LogP contribution in [0.25, 0.3) is 0 Å². The van der Waals surface area contributed by atoms with Crippen LogP contribution in [0.3, 0.4) is 0 Å². The zero-order valence-corrected chi connectivity index (χ0v) is 7.44. The molecule has 13 heavy (non-hydrogen) atoms. The summed E-state index contributed by atoms with van der Waals surface area (Å²) in [6.45, 7) is 3.09. The lowest BCUT2D eigenvalue weighted by atomic mass is 10.7. The topological polar surface area (TPSA) is 76.7 Å². The summed E-state index contributed by atoms with van der Waals surface area (Å²) in [6, 6.07) is 2.66. The van der Waals surface area contributed by atoms with Gasteiger partial charge in [-0.05, 0) is 12.1 Å². The van der Waals surface area contributed by atoms with Gasteiger partial charge in [-0.3, -0.25) is 0 Å². The first kappa shape index (κ1) is 9.77. The molecule has 1 aromatic heterocycles. The lowest BCUT2D eigenvalue weighted by Gasteiger charge is -2.06. The van der Waals surface area contributed by atoms with Crippen LogP contribution in [0.2, 0.25) is 0 Å². The summed E-state index contributed by atoms with van der Waals surface area (Å²) in [6.07, 6.45) is 2.01. The summed E-state index contributed by atoms with van der Waals surface area (Å²) < 4.78 is 20.0. The van der Waals surface area contributed by atoms with Crippen molar-refractivity contribution >= 4 is 19.1 Å². The maximum absolute atomic E-state index is 11.2. The molecule has 0 aliphatic heterocycles. The van der Waals surface area contributed by atoms with Crippen molar-refractivity contribution in [2.75, 3.05) is 0 Å². The highest BCUT2D eigenvalue weighted by molar-refractivity contribution is 7.61. The fourth-order valence-corrected chi connectivity index (χ4v) is 1.51. The normalized spacial score (nSPS) is 14.5. The highest BCUT2D eigenvalue weighted by atomic mass is 31.2. The van der Waals surface area contributed by atoms with Gasteiger partial charge < -0.3 is 13.8 Å². The minimum atomic E-state index is -4.16. The Morgan fingerprint density at radius 1 is 1.77 bits per heavy atom. The molecule has 0 spiro atoms. The van der Waals surface area contributed by atoms with E-state index < -0.39 is 13.6 Å². The number of furan rings is 1. The first-order chi connectivity index (χ1) is 6.06. The first-order valence-electron chi connectivity index (χ1n) is 3.29. The van der Waals surface area contributed by atoms with Gasteiger partial charge in [-0.15, -0.1) is 0 Å². The average molecular weight is 202 g/mol. The molecule has 0 radical (unpaired) electrons. The number of hydrogen-bond acceptors (Lipinski definition) is 4. The molecular formula is C7H7O5P. The molecule has 0 saturated carbocycles.